The minimum Gasteiger partial charge on any atom is -0.355 e. The largest absolute Gasteiger partial charge is 0.355 e. The van der Waals surface area contributed by atoms with Crippen molar-refractivity contribution in [1.29, 1.82) is 0 Å². The van der Waals surface area contributed by atoms with E-state index in [0.29, 0.717) is 0 Å². The minimum absolute atomic E-state index is 0.00444. The minimum atomic E-state index is -0.00444. The molecule has 1 atom stereocenters. The summed E-state index contributed by atoms with van der Waals surface area (Å²) in [6.07, 6.45) is 0.895. The zero-order chi connectivity index (χ0) is 9.80. The van der Waals surface area contributed by atoms with Gasteiger partial charge < -0.3 is 10.6 Å². The smallest absolute Gasteiger partial charge is 0.237 e. The number of benzene rings is 1. The highest BCUT2D eigenvalue weighted by molar-refractivity contribution is 5.83. The molecule has 1 aliphatic rings. The van der Waals surface area contributed by atoms with Gasteiger partial charge in [0.2, 0.25) is 5.91 Å². The summed E-state index contributed by atoms with van der Waals surface area (Å²) in [6, 6.07) is 10.1. The molecule has 3 nitrogen and oxygen atoms in total. The number of carbonyl (C=O) groups excluding carboxylic acids is 1. The van der Waals surface area contributed by atoms with Crippen LogP contribution in [-0.4, -0.2) is 18.5 Å². The molecule has 0 bridgehead atoms. The molecule has 0 spiro atoms. The first-order chi connectivity index (χ1) is 6.86. The molecule has 1 aliphatic heterocycles. The third-order valence-corrected chi connectivity index (χ3v) is 2.44. The summed E-state index contributed by atoms with van der Waals surface area (Å²) in [7, 11) is 0. The highest BCUT2D eigenvalue weighted by Gasteiger charge is 2.22. The third-order valence-electron chi connectivity index (χ3n) is 2.44. The van der Waals surface area contributed by atoms with Crippen LogP contribution in [0.15, 0.2) is 30.3 Å². The maximum Gasteiger partial charge on any atom is 0.237 e. The van der Waals surface area contributed by atoms with Crippen molar-refractivity contribution in [1.82, 2.24) is 10.6 Å². The predicted molar refractivity (Wildman–Crippen MR) is 54.7 cm³/mol. The zero-order valence-corrected chi connectivity index (χ0v) is 7.99. The Labute approximate surface area is 83.5 Å². The normalized spacial score (nSPS) is 20.9. The van der Waals surface area contributed by atoms with Crippen LogP contribution < -0.4 is 10.6 Å². The Hall–Kier alpha value is -1.35. The molecule has 1 aromatic carbocycles. The lowest BCUT2D eigenvalue weighted by atomic mass is 10.2. The summed E-state index contributed by atoms with van der Waals surface area (Å²) in [5.41, 5.74) is 1.22. The lowest BCUT2D eigenvalue weighted by Gasteiger charge is -2.09. The second kappa shape index (κ2) is 4.24. The molecule has 1 unspecified atom stereocenters. The van der Waals surface area contributed by atoms with Crippen molar-refractivity contribution in [3.05, 3.63) is 35.9 Å². The van der Waals surface area contributed by atoms with Crippen molar-refractivity contribution in [2.75, 3.05) is 6.54 Å². The molecule has 2 rings (SSSR count). The summed E-state index contributed by atoms with van der Waals surface area (Å²) in [4.78, 5) is 11.2. The molecule has 0 aromatic heterocycles. The van der Waals surface area contributed by atoms with Crippen molar-refractivity contribution >= 4 is 5.91 Å². The molecule has 14 heavy (non-hydrogen) atoms. The van der Waals surface area contributed by atoms with E-state index in [4.69, 9.17) is 0 Å². The molecule has 74 valence electrons. The zero-order valence-electron chi connectivity index (χ0n) is 7.99. The molecule has 0 radical (unpaired) electrons. The van der Waals surface area contributed by atoms with Crippen LogP contribution in [-0.2, 0) is 11.3 Å². The van der Waals surface area contributed by atoms with E-state index in [2.05, 4.69) is 22.8 Å². The van der Waals surface area contributed by atoms with Crippen LogP contribution in [0.25, 0.3) is 0 Å². The molecular weight excluding hydrogens is 176 g/mol. The van der Waals surface area contributed by atoms with E-state index in [9.17, 15) is 4.79 Å². The topological polar surface area (TPSA) is 41.1 Å². The van der Waals surface area contributed by atoms with Gasteiger partial charge in [-0.3, -0.25) is 4.79 Å². The monoisotopic (exact) mass is 190 g/mol. The van der Waals surface area contributed by atoms with Gasteiger partial charge in [-0.15, -0.1) is 0 Å². The fraction of sp³-hybridized carbons (Fsp3) is 0.364. The second-order valence-electron chi connectivity index (χ2n) is 3.50. The Balaban J connectivity index is 1.85. The van der Waals surface area contributed by atoms with Crippen LogP contribution >= 0.6 is 0 Å². The van der Waals surface area contributed by atoms with Gasteiger partial charge in [-0.2, -0.15) is 0 Å². The van der Waals surface area contributed by atoms with Gasteiger partial charge >= 0.3 is 0 Å². The average molecular weight is 190 g/mol. The van der Waals surface area contributed by atoms with Crippen molar-refractivity contribution in [3.8, 4) is 0 Å². The molecule has 1 heterocycles. The number of rotatable bonds is 3. The van der Waals surface area contributed by atoms with E-state index < -0.39 is 0 Å². The van der Waals surface area contributed by atoms with Gasteiger partial charge in [0.15, 0.2) is 0 Å². The molecule has 1 amide bonds. The molecule has 0 saturated carbocycles. The molecule has 1 saturated heterocycles. The van der Waals surface area contributed by atoms with Gasteiger partial charge in [0.1, 0.15) is 0 Å². The van der Waals surface area contributed by atoms with E-state index in [-0.39, 0.29) is 11.9 Å². The molecule has 0 aliphatic carbocycles. The van der Waals surface area contributed by atoms with E-state index in [1.807, 2.05) is 18.2 Å². The number of amides is 1. The summed E-state index contributed by atoms with van der Waals surface area (Å²) in [5.74, 6) is 0.126. The van der Waals surface area contributed by atoms with Crippen LogP contribution in [0.4, 0.5) is 0 Å². The van der Waals surface area contributed by atoms with Gasteiger partial charge in [-0.25, -0.2) is 0 Å². The Bertz CT molecular complexity index is 310. The maximum absolute atomic E-state index is 11.2. The quantitative estimate of drug-likeness (QED) is 0.735. The fourth-order valence-electron chi connectivity index (χ4n) is 1.63. The lowest BCUT2D eigenvalue weighted by Crippen LogP contribution is -2.35. The SMILES string of the molecule is O=C1NCCC1NCc1ccccc1. The van der Waals surface area contributed by atoms with Crippen LogP contribution in [0.1, 0.15) is 12.0 Å². The van der Waals surface area contributed by atoms with E-state index in [1.165, 1.54) is 5.56 Å². The van der Waals surface area contributed by atoms with Crippen LogP contribution in [0.2, 0.25) is 0 Å². The van der Waals surface area contributed by atoms with Crippen LogP contribution in [0.5, 0.6) is 0 Å². The summed E-state index contributed by atoms with van der Waals surface area (Å²) >= 11 is 0. The molecule has 3 heteroatoms. The summed E-state index contributed by atoms with van der Waals surface area (Å²) in [6.45, 7) is 1.56. The maximum atomic E-state index is 11.2. The van der Waals surface area contributed by atoms with Gasteiger partial charge in [-0.1, -0.05) is 30.3 Å². The number of carbonyl (C=O) groups is 1. The highest BCUT2D eigenvalue weighted by Crippen LogP contribution is 2.02. The highest BCUT2D eigenvalue weighted by atomic mass is 16.2. The summed E-state index contributed by atoms with van der Waals surface area (Å²) < 4.78 is 0. The van der Waals surface area contributed by atoms with Gasteiger partial charge in [0.05, 0.1) is 6.04 Å². The van der Waals surface area contributed by atoms with Gasteiger partial charge in [0, 0.05) is 13.1 Å². The first-order valence-corrected chi connectivity index (χ1v) is 4.91. The Morgan fingerprint density at radius 3 is 2.79 bits per heavy atom. The molecule has 1 fully saturated rings. The van der Waals surface area contributed by atoms with Gasteiger partial charge in [0.25, 0.3) is 0 Å². The van der Waals surface area contributed by atoms with Gasteiger partial charge in [-0.05, 0) is 12.0 Å². The Morgan fingerprint density at radius 1 is 1.36 bits per heavy atom. The number of nitrogens with one attached hydrogen (secondary N) is 2. The second-order valence-corrected chi connectivity index (χ2v) is 3.50. The Kier molecular flexibility index (Phi) is 2.79. The van der Waals surface area contributed by atoms with Crippen LogP contribution in [0.3, 0.4) is 0 Å². The van der Waals surface area contributed by atoms with Crippen molar-refractivity contribution in [2.24, 2.45) is 0 Å². The molecular formula is C11H14N2O. The first-order valence-electron chi connectivity index (χ1n) is 4.91. The first kappa shape index (κ1) is 9.21. The van der Waals surface area contributed by atoms with Crippen molar-refractivity contribution in [3.63, 3.8) is 0 Å². The van der Waals surface area contributed by atoms with E-state index >= 15 is 0 Å². The number of hydrogen-bond acceptors (Lipinski definition) is 2. The Morgan fingerprint density at radius 2 is 2.14 bits per heavy atom. The predicted octanol–water partition coefficient (Wildman–Crippen LogP) is 0.665. The number of hydrogen-bond donors (Lipinski definition) is 2. The molecule has 1 aromatic rings. The fourth-order valence-corrected chi connectivity index (χ4v) is 1.63. The molecule has 2 N–H and O–H groups in total. The van der Waals surface area contributed by atoms with Crippen molar-refractivity contribution in [2.45, 2.75) is 19.0 Å². The van der Waals surface area contributed by atoms with Crippen molar-refractivity contribution < 1.29 is 4.79 Å². The third kappa shape index (κ3) is 2.12. The standard InChI is InChI=1S/C11H14N2O/c14-11-10(6-7-12-11)13-8-9-4-2-1-3-5-9/h1-5,10,13H,6-8H2,(H,12,14). The lowest BCUT2D eigenvalue weighted by molar-refractivity contribution is -0.120. The van der Waals surface area contributed by atoms with Crippen LogP contribution in [0, 0.1) is 0 Å². The average Bonchev–Trinajstić information content (AvgIpc) is 2.63. The summed E-state index contributed by atoms with van der Waals surface area (Å²) in [5, 5.41) is 6.04. The van der Waals surface area contributed by atoms with E-state index in [0.717, 1.165) is 19.5 Å². The van der Waals surface area contributed by atoms with E-state index in [1.54, 1.807) is 0 Å².